The van der Waals surface area contributed by atoms with Gasteiger partial charge in [0.2, 0.25) is 0 Å². The minimum absolute atomic E-state index is 0.414. The number of hydrogen-bond acceptors (Lipinski definition) is 4. The SMILES string of the molecule is CCOc1ccc(OC(=O)c2sc3ccccc3c2Cl)cc1. The minimum atomic E-state index is -0.449. The first-order chi connectivity index (χ1) is 10.7. The standard InChI is InChI=1S/C17H13ClO3S/c1-2-20-11-7-9-12(10-8-11)21-17(19)16-15(18)13-5-3-4-6-14(13)22-16/h3-10H,2H2,1H3. The Balaban J connectivity index is 1.82. The van der Waals surface area contributed by atoms with Gasteiger partial charge in [0.05, 0.1) is 11.6 Å². The van der Waals surface area contributed by atoms with Gasteiger partial charge in [0, 0.05) is 10.1 Å². The van der Waals surface area contributed by atoms with Gasteiger partial charge in [-0.3, -0.25) is 0 Å². The van der Waals surface area contributed by atoms with Gasteiger partial charge in [-0.05, 0) is 37.3 Å². The van der Waals surface area contributed by atoms with Crippen molar-refractivity contribution in [3.63, 3.8) is 0 Å². The van der Waals surface area contributed by atoms with Crippen LogP contribution >= 0.6 is 22.9 Å². The fourth-order valence-corrected chi connectivity index (χ4v) is 3.45. The summed E-state index contributed by atoms with van der Waals surface area (Å²) in [5, 5.41) is 1.31. The van der Waals surface area contributed by atoms with Gasteiger partial charge in [-0.15, -0.1) is 11.3 Å². The number of esters is 1. The van der Waals surface area contributed by atoms with E-state index in [-0.39, 0.29) is 0 Å². The highest BCUT2D eigenvalue weighted by molar-refractivity contribution is 7.21. The van der Waals surface area contributed by atoms with Crippen molar-refractivity contribution < 1.29 is 14.3 Å². The molecular weight excluding hydrogens is 320 g/mol. The normalized spacial score (nSPS) is 10.6. The molecule has 0 saturated heterocycles. The number of benzene rings is 2. The van der Waals surface area contributed by atoms with Gasteiger partial charge < -0.3 is 9.47 Å². The van der Waals surface area contributed by atoms with Gasteiger partial charge in [0.1, 0.15) is 16.4 Å². The first-order valence-electron chi connectivity index (χ1n) is 6.81. The molecule has 3 rings (SSSR count). The molecule has 0 saturated carbocycles. The Hall–Kier alpha value is -2.04. The zero-order valence-electron chi connectivity index (χ0n) is 11.8. The van der Waals surface area contributed by atoms with Crippen molar-refractivity contribution >= 4 is 39.0 Å². The van der Waals surface area contributed by atoms with E-state index in [1.54, 1.807) is 24.3 Å². The first-order valence-corrected chi connectivity index (χ1v) is 8.00. The summed E-state index contributed by atoms with van der Waals surface area (Å²) in [5.41, 5.74) is 0. The Morgan fingerprint density at radius 2 is 1.77 bits per heavy atom. The smallest absolute Gasteiger partial charge is 0.355 e. The molecule has 0 N–H and O–H groups in total. The van der Waals surface area contributed by atoms with Crippen LogP contribution in [0.25, 0.3) is 10.1 Å². The van der Waals surface area contributed by atoms with E-state index < -0.39 is 5.97 Å². The third-order valence-electron chi connectivity index (χ3n) is 3.07. The largest absolute Gasteiger partial charge is 0.494 e. The Morgan fingerprint density at radius 3 is 2.45 bits per heavy atom. The predicted octanol–water partition coefficient (Wildman–Crippen LogP) is 5.17. The van der Waals surface area contributed by atoms with Crippen LogP contribution < -0.4 is 9.47 Å². The van der Waals surface area contributed by atoms with E-state index in [1.807, 2.05) is 31.2 Å². The Morgan fingerprint density at radius 1 is 1.09 bits per heavy atom. The van der Waals surface area contributed by atoms with Crippen LogP contribution in [0.3, 0.4) is 0 Å². The molecule has 0 radical (unpaired) electrons. The van der Waals surface area contributed by atoms with Crippen LogP contribution in [0.4, 0.5) is 0 Å². The van der Waals surface area contributed by atoms with E-state index in [2.05, 4.69) is 0 Å². The summed E-state index contributed by atoms with van der Waals surface area (Å²) in [4.78, 5) is 12.7. The van der Waals surface area contributed by atoms with E-state index >= 15 is 0 Å². The molecule has 2 aromatic carbocycles. The first kappa shape index (κ1) is 14.9. The van der Waals surface area contributed by atoms with Crippen molar-refractivity contribution in [3.05, 3.63) is 58.4 Å². The van der Waals surface area contributed by atoms with Crippen molar-refractivity contribution in [2.45, 2.75) is 6.92 Å². The number of halogens is 1. The zero-order chi connectivity index (χ0) is 15.5. The fraction of sp³-hybridized carbons (Fsp3) is 0.118. The van der Waals surface area contributed by atoms with Gasteiger partial charge >= 0.3 is 5.97 Å². The van der Waals surface area contributed by atoms with Gasteiger partial charge in [0.15, 0.2) is 0 Å². The highest BCUT2D eigenvalue weighted by Gasteiger charge is 2.18. The summed E-state index contributed by atoms with van der Waals surface area (Å²) in [7, 11) is 0. The number of carbonyl (C=O) groups excluding carboxylic acids is 1. The average molecular weight is 333 g/mol. The van der Waals surface area contributed by atoms with Gasteiger partial charge in [-0.1, -0.05) is 29.8 Å². The molecule has 0 fully saturated rings. The van der Waals surface area contributed by atoms with Gasteiger partial charge in [-0.2, -0.15) is 0 Å². The third-order valence-corrected chi connectivity index (χ3v) is 4.72. The van der Waals surface area contributed by atoms with Crippen LogP contribution in [0.2, 0.25) is 5.02 Å². The molecule has 22 heavy (non-hydrogen) atoms. The lowest BCUT2D eigenvalue weighted by molar-refractivity contribution is 0.0740. The van der Waals surface area contributed by atoms with Crippen LogP contribution in [0, 0.1) is 0 Å². The number of rotatable bonds is 4. The third kappa shape index (κ3) is 2.93. The fourth-order valence-electron chi connectivity index (χ4n) is 2.07. The highest BCUT2D eigenvalue weighted by atomic mass is 35.5. The maximum absolute atomic E-state index is 12.3. The van der Waals surface area contributed by atoms with Crippen molar-refractivity contribution in [1.82, 2.24) is 0 Å². The number of fused-ring (bicyclic) bond motifs is 1. The van der Waals surface area contributed by atoms with Crippen LogP contribution in [0.15, 0.2) is 48.5 Å². The Kier molecular flexibility index (Phi) is 4.32. The van der Waals surface area contributed by atoms with Crippen LogP contribution in [-0.4, -0.2) is 12.6 Å². The molecule has 1 aromatic heterocycles. The maximum atomic E-state index is 12.3. The van der Waals surface area contributed by atoms with Crippen molar-refractivity contribution in [2.75, 3.05) is 6.61 Å². The predicted molar refractivity (Wildman–Crippen MR) is 89.4 cm³/mol. The molecule has 3 aromatic rings. The Bertz CT molecular complexity index is 808. The molecule has 3 nitrogen and oxygen atoms in total. The maximum Gasteiger partial charge on any atom is 0.355 e. The number of ether oxygens (including phenoxy) is 2. The molecule has 0 amide bonds. The van der Waals surface area contributed by atoms with E-state index in [0.29, 0.717) is 22.3 Å². The lowest BCUT2D eigenvalue weighted by Gasteiger charge is -2.05. The molecule has 0 unspecified atom stereocenters. The van der Waals surface area contributed by atoms with Crippen molar-refractivity contribution in [2.24, 2.45) is 0 Å². The highest BCUT2D eigenvalue weighted by Crippen LogP contribution is 2.35. The number of carbonyl (C=O) groups is 1. The second-order valence-corrected chi connectivity index (χ2v) is 5.97. The molecule has 0 aliphatic rings. The molecule has 0 atom stereocenters. The van der Waals surface area contributed by atoms with E-state index in [4.69, 9.17) is 21.1 Å². The van der Waals surface area contributed by atoms with Gasteiger partial charge in [-0.25, -0.2) is 4.79 Å². The molecule has 0 spiro atoms. The summed E-state index contributed by atoms with van der Waals surface area (Å²) in [6.07, 6.45) is 0. The topological polar surface area (TPSA) is 35.5 Å². The molecule has 5 heteroatoms. The summed E-state index contributed by atoms with van der Waals surface area (Å²) in [6.45, 7) is 2.51. The summed E-state index contributed by atoms with van der Waals surface area (Å²) < 4.78 is 11.7. The summed E-state index contributed by atoms with van der Waals surface area (Å²) in [5.74, 6) is 0.750. The summed E-state index contributed by atoms with van der Waals surface area (Å²) >= 11 is 7.61. The van der Waals surface area contributed by atoms with Crippen LogP contribution in [0.5, 0.6) is 11.5 Å². The molecule has 0 aliphatic heterocycles. The van der Waals surface area contributed by atoms with E-state index in [0.717, 1.165) is 15.8 Å². The molecular formula is C17H13ClO3S. The van der Waals surface area contributed by atoms with Gasteiger partial charge in [0.25, 0.3) is 0 Å². The van der Waals surface area contributed by atoms with Crippen LogP contribution in [0.1, 0.15) is 16.6 Å². The lowest BCUT2D eigenvalue weighted by Crippen LogP contribution is -2.06. The lowest BCUT2D eigenvalue weighted by atomic mass is 10.2. The molecule has 1 heterocycles. The number of hydrogen-bond donors (Lipinski definition) is 0. The zero-order valence-corrected chi connectivity index (χ0v) is 13.4. The second kappa shape index (κ2) is 6.38. The minimum Gasteiger partial charge on any atom is -0.494 e. The quantitative estimate of drug-likeness (QED) is 0.488. The van der Waals surface area contributed by atoms with E-state index in [9.17, 15) is 4.79 Å². The van der Waals surface area contributed by atoms with E-state index in [1.165, 1.54) is 11.3 Å². The summed E-state index contributed by atoms with van der Waals surface area (Å²) in [6, 6.07) is 14.5. The molecule has 0 aliphatic carbocycles. The molecule has 0 bridgehead atoms. The number of thiophene rings is 1. The van der Waals surface area contributed by atoms with Crippen molar-refractivity contribution in [3.8, 4) is 11.5 Å². The Labute approximate surface area is 137 Å². The monoisotopic (exact) mass is 332 g/mol. The van der Waals surface area contributed by atoms with Crippen molar-refractivity contribution in [1.29, 1.82) is 0 Å². The second-order valence-electron chi connectivity index (χ2n) is 4.54. The molecule has 112 valence electrons. The van der Waals surface area contributed by atoms with Crippen LogP contribution in [-0.2, 0) is 0 Å². The average Bonchev–Trinajstić information content (AvgIpc) is 2.87.